The van der Waals surface area contributed by atoms with Gasteiger partial charge >= 0.3 is 0 Å². The average molecular weight is 288 g/mol. The molecule has 1 aliphatic heterocycles. The molecule has 0 radical (unpaired) electrons. The molecule has 1 aromatic rings. The van der Waals surface area contributed by atoms with Gasteiger partial charge in [-0.05, 0) is 36.6 Å². The van der Waals surface area contributed by atoms with E-state index in [4.69, 9.17) is 4.74 Å². The Hall–Kier alpha value is -0.800. The number of rotatable bonds is 3. The molecule has 1 N–H and O–H groups in total. The monoisotopic (exact) mass is 287 g/mol. The van der Waals surface area contributed by atoms with Crippen LogP contribution in [-0.4, -0.2) is 19.7 Å². The molecule has 19 heavy (non-hydrogen) atoms. The fraction of sp³-hybridized carbons (Fsp3) is 0.600. The fourth-order valence-electron chi connectivity index (χ4n) is 2.28. The topological polar surface area (TPSA) is 21.3 Å². The maximum Gasteiger partial charge on any atom is 0.123 e. The summed E-state index contributed by atoms with van der Waals surface area (Å²) in [7, 11) is 0. The number of nitrogens with one attached hydrogen (secondary N) is 1. The van der Waals surface area contributed by atoms with Gasteiger partial charge in [0.2, 0.25) is 0 Å². The minimum atomic E-state index is -0.199. The fourth-order valence-corrected chi connectivity index (χ4v) is 2.28. The van der Waals surface area contributed by atoms with Crippen LogP contribution in [0.15, 0.2) is 18.2 Å². The number of hydrogen-bond acceptors (Lipinski definition) is 2. The van der Waals surface area contributed by atoms with Crippen LogP contribution in [0.3, 0.4) is 0 Å². The van der Waals surface area contributed by atoms with Crippen molar-refractivity contribution in [2.75, 3.05) is 19.7 Å². The van der Waals surface area contributed by atoms with E-state index in [1.54, 1.807) is 12.1 Å². The summed E-state index contributed by atoms with van der Waals surface area (Å²) in [5.41, 5.74) is 0.833. The Morgan fingerprint density at radius 1 is 1.37 bits per heavy atom. The van der Waals surface area contributed by atoms with Crippen LogP contribution >= 0.6 is 12.4 Å². The molecular weight excluding hydrogens is 265 g/mol. The van der Waals surface area contributed by atoms with Gasteiger partial charge in [0, 0.05) is 18.0 Å². The van der Waals surface area contributed by atoms with E-state index in [0.717, 1.165) is 30.8 Å². The van der Waals surface area contributed by atoms with E-state index < -0.39 is 0 Å². The molecular formula is C15H23ClFNO. The van der Waals surface area contributed by atoms with Crippen molar-refractivity contribution >= 4 is 12.4 Å². The van der Waals surface area contributed by atoms with Crippen molar-refractivity contribution < 1.29 is 9.13 Å². The molecule has 1 fully saturated rings. The number of benzene rings is 1. The third-order valence-corrected chi connectivity index (χ3v) is 3.39. The lowest BCUT2D eigenvalue weighted by Crippen LogP contribution is -2.18. The Balaban J connectivity index is 0.00000180. The molecule has 0 aromatic heterocycles. The molecule has 1 saturated heterocycles. The van der Waals surface area contributed by atoms with Gasteiger partial charge in [-0.1, -0.05) is 20.8 Å². The van der Waals surface area contributed by atoms with Gasteiger partial charge in [-0.3, -0.25) is 0 Å². The molecule has 1 aliphatic rings. The molecule has 108 valence electrons. The van der Waals surface area contributed by atoms with E-state index in [1.807, 2.05) is 0 Å². The second kappa shape index (κ2) is 6.58. The molecule has 2 nitrogen and oxygen atoms in total. The van der Waals surface area contributed by atoms with Gasteiger partial charge in [-0.15, -0.1) is 12.4 Å². The number of ether oxygens (including phenoxy) is 1. The highest BCUT2D eigenvalue weighted by molar-refractivity contribution is 5.85. The van der Waals surface area contributed by atoms with Crippen LogP contribution in [0.1, 0.15) is 32.8 Å². The first kappa shape index (κ1) is 16.3. The molecule has 0 saturated carbocycles. The van der Waals surface area contributed by atoms with Gasteiger partial charge in [0.25, 0.3) is 0 Å². The minimum Gasteiger partial charge on any atom is -0.493 e. The van der Waals surface area contributed by atoms with Crippen LogP contribution in [0, 0.1) is 11.7 Å². The minimum absolute atomic E-state index is 0. The summed E-state index contributed by atoms with van der Waals surface area (Å²) in [4.78, 5) is 0. The van der Waals surface area contributed by atoms with E-state index in [0.29, 0.717) is 12.5 Å². The first-order valence-corrected chi connectivity index (χ1v) is 6.60. The maximum atomic E-state index is 13.4. The summed E-state index contributed by atoms with van der Waals surface area (Å²) in [5.74, 6) is 1.19. The molecule has 1 heterocycles. The Morgan fingerprint density at radius 3 is 2.68 bits per heavy atom. The SMILES string of the molecule is CC(C)(C)c1cc(F)ccc1OCC1CCNC1.Cl. The lowest BCUT2D eigenvalue weighted by molar-refractivity contribution is 0.254. The van der Waals surface area contributed by atoms with Gasteiger partial charge in [0.15, 0.2) is 0 Å². The predicted molar refractivity (Wildman–Crippen MR) is 78.8 cm³/mol. The summed E-state index contributed by atoms with van der Waals surface area (Å²) in [6, 6.07) is 4.80. The van der Waals surface area contributed by atoms with Crippen molar-refractivity contribution in [1.29, 1.82) is 0 Å². The number of halogens is 2. The zero-order valence-electron chi connectivity index (χ0n) is 11.8. The van der Waals surface area contributed by atoms with E-state index in [2.05, 4.69) is 26.1 Å². The highest BCUT2D eigenvalue weighted by Crippen LogP contribution is 2.32. The zero-order valence-corrected chi connectivity index (χ0v) is 12.6. The van der Waals surface area contributed by atoms with Gasteiger partial charge in [-0.25, -0.2) is 4.39 Å². The lowest BCUT2D eigenvalue weighted by Gasteiger charge is -2.23. The molecule has 2 rings (SSSR count). The van der Waals surface area contributed by atoms with Crippen LogP contribution in [0.2, 0.25) is 0 Å². The van der Waals surface area contributed by atoms with Gasteiger partial charge < -0.3 is 10.1 Å². The molecule has 0 bridgehead atoms. The number of hydrogen-bond donors (Lipinski definition) is 1. The predicted octanol–water partition coefficient (Wildman–Crippen LogP) is 3.53. The smallest absolute Gasteiger partial charge is 0.123 e. The van der Waals surface area contributed by atoms with Crippen molar-refractivity contribution in [2.45, 2.75) is 32.6 Å². The Labute approximate surface area is 121 Å². The van der Waals surface area contributed by atoms with Crippen molar-refractivity contribution in [2.24, 2.45) is 5.92 Å². The van der Waals surface area contributed by atoms with Crippen molar-refractivity contribution in [3.8, 4) is 5.75 Å². The molecule has 0 spiro atoms. The summed E-state index contributed by atoms with van der Waals surface area (Å²) < 4.78 is 19.2. The Kier molecular flexibility index (Phi) is 5.63. The van der Waals surface area contributed by atoms with Gasteiger partial charge in [-0.2, -0.15) is 0 Å². The second-order valence-corrected chi connectivity index (χ2v) is 6.06. The standard InChI is InChI=1S/C15H22FNO.ClH/c1-15(2,3)13-8-12(16)4-5-14(13)18-10-11-6-7-17-9-11;/h4-5,8,11,17H,6-7,9-10H2,1-3H3;1H. The third-order valence-electron chi connectivity index (χ3n) is 3.39. The largest absolute Gasteiger partial charge is 0.493 e. The molecule has 0 aliphatic carbocycles. The Morgan fingerprint density at radius 2 is 2.11 bits per heavy atom. The first-order valence-electron chi connectivity index (χ1n) is 6.60. The maximum absolute atomic E-state index is 13.4. The lowest BCUT2D eigenvalue weighted by atomic mass is 9.86. The highest BCUT2D eigenvalue weighted by Gasteiger charge is 2.21. The van der Waals surface area contributed by atoms with Gasteiger partial charge in [0.05, 0.1) is 6.61 Å². The van der Waals surface area contributed by atoms with E-state index >= 15 is 0 Å². The van der Waals surface area contributed by atoms with Crippen LogP contribution in [0.4, 0.5) is 4.39 Å². The van der Waals surface area contributed by atoms with Crippen molar-refractivity contribution in [3.05, 3.63) is 29.6 Å². The quantitative estimate of drug-likeness (QED) is 0.918. The first-order chi connectivity index (χ1) is 8.47. The Bertz CT molecular complexity index is 411. The van der Waals surface area contributed by atoms with Crippen molar-refractivity contribution in [1.82, 2.24) is 5.32 Å². The molecule has 4 heteroatoms. The molecule has 1 atom stereocenters. The van der Waals surface area contributed by atoms with Crippen LogP contribution < -0.4 is 10.1 Å². The van der Waals surface area contributed by atoms with E-state index in [1.165, 1.54) is 6.07 Å². The highest BCUT2D eigenvalue weighted by atomic mass is 35.5. The van der Waals surface area contributed by atoms with Gasteiger partial charge in [0.1, 0.15) is 11.6 Å². The summed E-state index contributed by atoms with van der Waals surface area (Å²) >= 11 is 0. The van der Waals surface area contributed by atoms with Crippen molar-refractivity contribution in [3.63, 3.8) is 0 Å². The summed E-state index contributed by atoms with van der Waals surface area (Å²) in [5, 5.41) is 3.32. The van der Waals surface area contributed by atoms with E-state index in [-0.39, 0.29) is 23.6 Å². The van der Waals surface area contributed by atoms with E-state index in [9.17, 15) is 4.39 Å². The molecule has 1 unspecified atom stereocenters. The van der Waals surface area contributed by atoms with Crippen LogP contribution in [0.5, 0.6) is 5.75 Å². The second-order valence-electron chi connectivity index (χ2n) is 6.06. The molecule has 0 amide bonds. The zero-order chi connectivity index (χ0) is 13.2. The molecule has 1 aromatic carbocycles. The van der Waals surface area contributed by atoms with Crippen LogP contribution in [0.25, 0.3) is 0 Å². The summed E-state index contributed by atoms with van der Waals surface area (Å²) in [6.45, 7) is 9.03. The third kappa shape index (κ3) is 4.36. The normalized spacial score (nSPS) is 19.1. The average Bonchev–Trinajstić information content (AvgIpc) is 2.79. The summed E-state index contributed by atoms with van der Waals surface area (Å²) in [6.07, 6.45) is 1.16. The van der Waals surface area contributed by atoms with Crippen LogP contribution in [-0.2, 0) is 5.41 Å².